The summed E-state index contributed by atoms with van der Waals surface area (Å²) in [6.45, 7) is 3.33. The number of fused-ring (bicyclic) bond motifs is 1. The highest BCUT2D eigenvalue weighted by molar-refractivity contribution is 5.97. The largest absolute Gasteiger partial charge is 0.508 e. The zero-order valence-corrected chi connectivity index (χ0v) is 13.4. The van der Waals surface area contributed by atoms with Gasteiger partial charge in [-0.2, -0.15) is 0 Å². The number of carbonyl (C=O) groups is 2. The summed E-state index contributed by atoms with van der Waals surface area (Å²) in [7, 11) is 0. The number of rotatable bonds is 4. The molecule has 0 saturated carbocycles. The average molecular weight is 352 g/mol. The fourth-order valence-electron chi connectivity index (χ4n) is 2.30. The van der Waals surface area contributed by atoms with Crippen molar-refractivity contribution in [2.45, 2.75) is 0 Å². The molecule has 6 heteroatoms. The third-order valence-corrected chi connectivity index (χ3v) is 3.55. The van der Waals surface area contributed by atoms with E-state index in [2.05, 4.69) is 6.58 Å². The highest BCUT2D eigenvalue weighted by atomic mass is 19.1. The Morgan fingerprint density at radius 1 is 0.962 bits per heavy atom. The van der Waals surface area contributed by atoms with Gasteiger partial charge in [0.25, 0.3) is 0 Å². The first-order valence-corrected chi connectivity index (χ1v) is 7.55. The molecule has 0 amide bonds. The molecule has 0 atom stereocenters. The van der Waals surface area contributed by atoms with Crippen molar-refractivity contribution in [3.05, 3.63) is 78.6 Å². The predicted octanol–water partition coefficient (Wildman–Crippen LogP) is 4.00. The molecule has 0 fully saturated rings. The molecular weight excluding hydrogens is 339 g/mol. The Morgan fingerprint density at radius 3 is 2.42 bits per heavy atom. The summed E-state index contributed by atoms with van der Waals surface area (Å²) in [6, 6.07) is 12.9. The van der Waals surface area contributed by atoms with Crippen LogP contribution in [0.3, 0.4) is 0 Å². The fraction of sp³-hybridized carbons (Fsp3) is 0. The number of benzene rings is 3. The van der Waals surface area contributed by atoms with Gasteiger partial charge in [0.15, 0.2) is 11.6 Å². The molecule has 0 bridgehead atoms. The smallest absolute Gasteiger partial charge is 0.343 e. The van der Waals surface area contributed by atoms with E-state index in [1.807, 2.05) is 0 Å². The van der Waals surface area contributed by atoms with E-state index in [1.54, 1.807) is 30.3 Å². The van der Waals surface area contributed by atoms with E-state index >= 15 is 0 Å². The first-order valence-electron chi connectivity index (χ1n) is 7.55. The van der Waals surface area contributed by atoms with Gasteiger partial charge in [-0.25, -0.2) is 14.0 Å². The molecule has 5 nitrogen and oxygen atoms in total. The first-order chi connectivity index (χ1) is 12.5. The number of phenolic OH excluding ortho intramolecular Hbond substituents is 1. The van der Waals surface area contributed by atoms with Crippen LogP contribution < -0.4 is 9.47 Å². The Morgan fingerprint density at radius 2 is 1.69 bits per heavy atom. The van der Waals surface area contributed by atoms with Gasteiger partial charge in [0.2, 0.25) is 0 Å². The lowest BCUT2D eigenvalue weighted by Gasteiger charge is -2.08. The molecule has 3 aromatic carbocycles. The SMILES string of the molecule is C=CC(=O)Oc1ccc2cc(C(=O)Oc3ccc(O)cc3F)ccc2c1. The zero-order chi connectivity index (χ0) is 18.7. The van der Waals surface area contributed by atoms with E-state index in [1.165, 1.54) is 18.2 Å². The van der Waals surface area contributed by atoms with Gasteiger partial charge in [0, 0.05) is 12.1 Å². The normalized spacial score (nSPS) is 10.3. The number of carbonyl (C=O) groups excluding carboxylic acids is 2. The van der Waals surface area contributed by atoms with Crippen molar-refractivity contribution < 1.29 is 28.6 Å². The van der Waals surface area contributed by atoms with E-state index in [4.69, 9.17) is 9.47 Å². The number of hydrogen-bond acceptors (Lipinski definition) is 5. The van der Waals surface area contributed by atoms with Crippen LogP contribution in [-0.4, -0.2) is 17.0 Å². The van der Waals surface area contributed by atoms with Crippen LogP contribution in [0.1, 0.15) is 10.4 Å². The predicted molar refractivity (Wildman–Crippen MR) is 92.8 cm³/mol. The summed E-state index contributed by atoms with van der Waals surface area (Å²) in [6.07, 6.45) is 1.06. The van der Waals surface area contributed by atoms with E-state index in [0.29, 0.717) is 11.1 Å². The molecule has 0 aromatic heterocycles. The van der Waals surface area contributed by atoms with E-state index in [-0.39, 0.29) is 17.1 Å². The quantitative estimate of drug-likeness (QED) is 0.437. The number of aromatic hydroxyl groups is 1. The molecule has 0 radical (unpaired) electrons. The van der Waals surface area contributed by atoms with Crippen LogP contribution in [0.4, 0.5) is 4.39 Å². The second-order valence-corrected chi connectivity index (χ2v) is 5.35. The minimum absolute atomic E-state index is 0.223. The summed E-state index contributed by atoms with van der Waals surface area (Å²) in [5, 5.41) is 10.6. The van der Waals surface area contributed by atoms with Crippen molar-refractivity contribution >= 4 is 22.7 Å². The number of phenols is 1. The van der Waals surface area contributed by atoms with Gasteiger partial charge in [-0.05, 0) is 47.2 Å². The van der Waals surface area contributed by atoms with Gasteiger partial charge in [0.05, 0.1) is 5.56 Å². The molecule has 3 aromatic rings. The lowest BCUT2D eigenvalue weighted by atomic mass is 10.1. The first kappa shape index (κ1) is 17.2. The van der Waals surface area contributed by atoms with Crippen molar-refractivity contribution in [2.24, 2.45) is 0 Å². The summed E-state index contributed by atoms with van der Waals surface area (Å²) in [5.74, 6) is -2.34. The van der Waals surface area contributed by atoms with Gasteiger partial charge in [-0.3, -0.25) is 0 Å². The lowest BCUT2D eigenvalue weighted by Crippen LogP contribution is -2.09. The number of ether oxygens (including phenoxy) is 2. The molecule has 0 spiro atoms. The minimum atomic E-state index is -0.840. The Hall–Kier alpha value is -3.67. The van der Waals surface area contributed by atoms with Crippen molar-refractivity contribution in [2.75, 3.05) is 0 Å². The van der Waals surface area contributed by atoms with Crippen LogP contribution in [0.5, 0.6) is 17.2 Å². The van der Waals surface area contributed by atoms with E-state index in [9.17, 15) is 19.1 Å². The third kappa shape index (κ3) is 3.70. The monoisotopic (exact) mass is 352 g/mol. The van der Waals surface area contributed by atoms with Crippen molar-refractivity contribution in [1.82, 2.24) is 0 Å². The molecule has 0 saturated heterocycles. The molecule has 1 N–H and O–H groups in total. The molecule has 130 valence electrons. The van der Waals surface area contributed by atoms with Gasteiger partial charge in [-0.15, -0.1) is 0 Å². The van der Waals surface area contributed by atoms with Gasteiger partial charge in [0.1, 0.15) is 11.5 Å². The van der Waals surface area contributed by atoms with Gasteiger partial charge in [-0.1, -0.05) is 18.7 Å². The van der Waals surface area contributed by atoms with Crippen molar-refractivity contribution in [3.8, 4) is 17.2 Å². The maximum atomic E-state index is 13.7. The van der Waals surface area contributed by atoms with E-state index < -0.39 is 17.8 Å². The average Bonchev–Trinajstić information content (AvgIpc) is 2.63. The topological polar surface area (TPSA) is 72.8 Å². The van der Waals surface area contributed by atoms with Gasteiger partial charge < -0.3 is 14.6 Å². The summed E-state index contributed by atoms with van der Waals surface area (Å²) >= 11 is 0. The van der Waals surface area contributed by atoms with Gasteiger partial charge >= 0.3 is 11.9 Å². The Kier molecular flexibility index (Phi) is 4.66. The lowest BCUT2D eigenvalue weighted by molar-refractivity contribution is -0.128. The summed E-state index contributed by atoms with van der Waals surface area (Å²) in [5.41, 5.74) is 0.223. The highest BCUT2D eigenvalue weighted by Gasteiger charge is 2.13. The molecule has 26 heavy (non-hydrogen) atoms. The van der Waals surface area contributed by atoms with Crippen LogP contribution >= 0.6 is 0 Å². The van der Waals surface area contributed by atoms with Crippen LogP contribution in [0.15, 0.2) is 67.3 Å². The summed E-state index contributed by atoms with van der Waals surface area (Å²) in [4.78, 5) is 23.4. The highest BCUT2D eigenvalue weighted by Crippen LogP contribution is 2.25. The number of esters is 2. The standard InChI is InChI=1S/C20H13FO5/c1-2-19(23)25-16-7-5-12-9-14(4-3-13(12)10-16)20(24)26-18-8-6-15(22)11-17(18)21/h2-11,22H,1H2. The van der Waals surface area contributed by atoms with Crippen LogP contribution in [0.25, 0.3) is 10.8 Å². The molecule has 0 aliphatic heterocycles. The maximum absolute atomic E-state index is 13.7. The zero-order valence-electron chi connectivity index (χ0n) is 13.4. The molecule has 3 rings (SSSR count). The Balaban J connectivity index is 1.84. The van der Waals surface area contributed by atoms with Crippen LogP contribution in [0, 0.1) is 5.82 Å². The molecule has 0 aliphatic rings. The molecule has 0 heterocycles. The molecular formula is C20H13FO5. The molecule has 0 aliphatic carbocycles. The Labute approximate surface area is 147 Å². The minimum Gasteiger partial charge on any atom is -0.508 e. The number of halogens is 1. The Bertz CT molecular complexity index is 1030. The van der Waals surface area contributed by atoms with Crippen molar-refractivity contribution in [1.29, 1.82) is 0 Å². The summed E-state index contributed by atoms with van der Waals surface area (Å²) < 4.78 is 23.7. The molecule has 0 unspecified atom stereocenters. The fourth-order valence-corrected chi connectivity index (χ4v) is 2.30. The second kappa shape index (κ2) is 7.06. The van der Waals surface area contributed by atoms with E-state index in [0.717, 1.165) is 17.5 Å². The maximum Gasteiger partial charge on any atom is 0.343 e. The third-order valence-electron chi connectivity index (χ3n) is 3.55. The second-order valence-electron chi connectivity index (χ2n) is 5.35. The van der Waals surface area contributed by atoms with Crippen LogP contribution in [-0.2, 0) is 4.79 Å². The van der Waals surface area contributed by atoms with Crippen molar-refractivity contribution in [3.63, 3.8) is 0 Å². The van der Waals surface area contributed by atoms with Crippen LogP contribution in [0.2, 0.25) is 0 Å². The number of hydrogen-bond donors (Lipinski definition) is 1.